The van der Waals surface area contributed by atoms with Gasteiger partial charge in [-0.05, 0) is 30.3 Å². The molecule has 0 amide bonds. The Labute approximate surface area is 92.8 Å². The van der Waals surface area contributed by atoms with Crippen molar-refractivity contribution >= 4 is 23.0 Å². The molecule has 2 aromatic rings. The lowest BCUT2D eigenvalue weighted by atomic mass is 10.2. The van der Waals surface area contributed by atoms with Gasteiger partial charge in [0.05, 0.1) is 22.8 Å². The third kappa shape index (κ3) is 1.18. The molecule has 0 radical (unpaired) electrons. The van der Waals surface area contributed by atoms with Gasteiger partial charge in [0.25, 0.3) is 0 Å². The first-order valence-electron chi connectivity index (χ1n) is 4.69. The van der Waals surface area contributed by atoms with Crippen molar-refractivity contribution in [2.24, 2.45) is 0 Å². The smallest absolute Gasteiger partial charge is 0.0706 e. The third-order valence-corrected chi connectivity index (χ3v) is 2.80. The van der Waals surface area contributed by atoms with Gasteiger partial charge in [0.1, 0.15) is 0 Å². The Morgan fingerprint density at radius 2 is 2.13 bits per heavy atom. The van der Waals surface area contributed by atoms with E-state index in [1.807, 2.05) is 36.5 Å². The number of fused-ring (bicyclic) bond motifs is 3. The summed E-state index contributed by atoms with van der Waals surface area (Å²) in [4.78, 5) is 0. The fourth-order valence-corrected chi connectivity index (χ4v) is 2.04. The minimum absolute atomic E-state index is 0.739. The number of nitrogens with zero attached hydrogens (tertiary/aromatic N) is 1. The van der Waals surface area contributed by atoms with Gasteiger partial charge in [-0.1, -0.05) is 18.2 Å². The van der Waals surface area contributed by atoms with Crippen molar-refractivity contribution in [1.29, 1.82) is 0 Å². The highest BCUT2D eigenvalue weighted by molar-refractivity contribution is 6.30. The summed E-state index contributed by atoms with van der Waals surface area (Å²) in [7, 11) is 0. The van der Waals surface area contributed by atoms with Crippen LogP contribution in [0.1, 0.15) is 5.69 Å². The minimum atomic E-state index is 0.739. The van der Waals surface area contributed by atoms with Gasteiger partial charge in [-0.15, -0.1) is 0 Å². The number of hydrogen-bond acceptors (Lipinski definition) is 1. The maximum absolute atomic E-state index is 5.98. The molecule has 0 bridgehead atoms. The molecule has 0 saturated heterocycles. The Bertz CT molecular complexity index is 554. The first kappa shape index (κ1) is 8.62. The van der Waals surface area contributed by atoms with Crippen LogP contribution < -0.4 is 5.32 Å². The zero-order chi connectivity index (χ0) is 10.4. The number of nitrogens with one attached hydrogen (secondary N) is 1. The van der Waals surface area contributed by atoms with E-state index in [-0.39, 0.29) is 0 Å². The maximum atomic E-state index is 5.98. The zero-order valence-corrected chi connectivity index (χ0v) is 8.75. The SMILES string of the molecule is C=C1Nc2ccc(Cl)cc2-n2cccc21. The molecule has 1 aromatic heterocycles. The van der Waals surface area contributed by atoms with E-state index in [2.05, 4.69) is 16.5 Å². The van der Waals surface area contributed by atoms with Crippen LogP contribution in [0.25, 0.3) is 11.4 Å². The highest BCUT2D eigenvalue weighted by atomic mass is 35.5. The van der Waals surface area contributed by atoms with Gasteiger partial charge in [0.2, 0.25) is 0 Å². The average molecular weight is 217 g/mol. The molecule has 1 aromatic carbocycles. The molecule has 3 heteroatoms. The largest absolute Gasteiger partial charge is 0.353 e. The van der Waals surface area contributed by atoms with Crippen LogP contribution in [-0.4, -0.2) is 4.57 Å². The van der Waals surface area contributed by atoms with Crippen molar-refractivity contribution in [3.8, 4) is 5.69 Å². The lowest BCUT2D eigenvalue weighted by Gasteiger charge is -2.23. The monoisotopic (exact) mass is 216 g/mol. The Kier molecular flexibility index (Phi) is 1.67. The van der Waals surface area contributed by atoms with Crippen LogP contribution in [0.4, 0.5) is 5.69 Å². The van der Waals surface area contributed by atoms with E-state index in [0.717, 1.165) is 27.8 Å². The second-order valence-corrected chi connectivity index (χ2v) is 3.96. The summed E-state index contributed by atoms with van der Waals surface area (Å²) >= 11 is 5.98. The summed E-state index contributed by atoms with van der Waals surface area (Å²) in [5.41, 5.74) is 4.09. The van der Waals surface area contributed by atoms with Crippen molar-refractivity contribution in [2.45, 2.75) is 0 Å². The third-order valence-electron chi connectivity index (χ3n) is 2.56. The van der Waals surface area contributed by atoms with Crippen molar-refractivity contribution in [3.05, 3.63) is 53.8 Å². The van der Waals surface area contributed by atoms with E-state index in [4.69, 9.17) is 11.6 Å². The normalized spacial score (nSPS) is 13.0. The second-order valence-electron chi connectivity index (χ2n) is 3.53. The molecule has 0 fully saturated rings. The highest BCUT2D eigenvalue weighted by Gasteiger charge is 2.16. The Morgan fingerprint density at radius 3 is 3.00 bits per heavy atom. The Hall–Kier alpha value is -1.67. The molecule has 2 heterocycles. The molecule has 15 heavy (non-hydrogen) atoms. The predicted molar refractivity (Wildman–Crippen MR) is 63.4 cm³/mol. The molecule has 2 nitrogen and oxygen atoms in total. The molecule has 74 valence electrons. The van der Waals surface area contributed by atoms with Gasteiger partial charge >= 0.3 is 0 Å². The van der Waals surface area contributed by atoms with Crippen LogP contribution in [0.15, 0.2) is 43.1 Å². The first-order valence-corrected chi connectivity index (χ1v) is 5.07. The lowest BCUT2D eigenvalue weighted by molar-refractivity contribution is 1.04. The zero-order valence-electron chi connectivity index (χ0n) is 8.00. The maximum Gasteiger partial charge on any atom is 0.0706 e. The molecule has 0 saturated carbocycles. The number of rotatable bonds is 0. The number of aromatic nitrogens is 1. The van der Waals surface area contributed by atoms with Crippen molar-refractivity contribution < 1.29 is 0 Å². The van der Waals surface area contributed by atoms with Crippen LogP contribution >= 0.6 is 11.6 Å². The minimum Gasteiger partial charge on any atom is -0.353 e. The van der Waals surface area contributed by atoms with Crippen LogP contribution in [0.2, 0.25) is 5.02 Å². The van der Waals surface area contributed by atoms with E-state index < -0.39 is 0 Å². The van der Waals surface area contributed by atoms with E-state index in [1.165, 1.54) is 0 Å². The summed E-state index contributed by atoms with van der Waals surface area (Å²) in [5, 5.41) is 3.99. The summed E-state index contributed by atoms with van der Waals surface area (Å²) in [6.07, 6.45) is 2.01. The summed E-state index contributed by atoms with van der Waals surface area (Å²) in [6.45, 7) is 3.98. The van der Waals surface area contributed by atoms with Crippen LogP contribution in [0.3, 0.4) is 0 Å². The number of benzene rings is 1. The van der Waals surface area contributed by atoms with Crippen LogP contribution in [-0.2, 0) is 0 Å². The van der Waals surface area contributed by atoms with Gasteiger partial charge in [0.15, 0.2) is 0 Å². The summed E-state index contributed by atoms with van der Waals surface area (Å²) in [5.74, 6) is 0. The van der Waals surface area contributed by atoms with E-state index in [1.54, 1.807) is 0 Å². The van der Waals surface area contributed by atoms with Crippen molar-refractivity contribution in [2.75, 3.05) is 5.32 Å². The summed E-state index contributed by atoms with van der Waals surface area (Å²) in [6, 6.07) is 9.80. The quantitative estimate of drug-likeness (QED) is 0.713. The molecule has 0 spiro atoms. The summed E-state index contributed by atoms with van der Waals surface area (Å²) < 4.78 is 2.08. The molecular formula is C12H9ClN2. The van der Waals surface area contributed by atoms with E-state index in [9.17, 15) is 0 Å². The molecule has 1 N–H and O–H groups in total. The van der Waals surface area contributed by atoms with Crippen LogP contribution in [0, 0.1) is 0 Å². The van der Waals surface area contributed by atoms with Crippen LogP contribution in [0.5, 0.6) is 0 Å². The van der Waals surface area contributed by atoms with Gasteiger partial charge in [-0.25, -0.2) is 0 Å². The van der Waals surface area contributed by atoms with Gasteiger partial charge in [0, 0.05) is 11.2 Å². The molecular weight excluding hydrogens is 208 g/mol. The van der Waals surface area contributed by atoms with E-state index in [0.29, 0.717) is 0 Å². The molecule has 0 atom stereocenters. The number of halogens is 1. The molecule has 0 aliphatic carbocycles. The standard InChI is InChI=1S/C12H9ClN2/c1-8-11-3-2-6-15(11)12-7-9(13)4-5-10(12)14-8/h2-7,14H,1H2. The van der Waals surface area contributed by atoms with E-state index >= 15 is 0 Å². The highest BCUT2D eigenvalue weighted by Crippen LogP contribution is 2.33. The average Bonchev–Trinajstić information content (AvgIpc) is 2.69. The number of hydrogen-bond donors (Lipinski definition) is 1. The van der Waals surface area contributed by atoms with Crippen molar-refractivity contribution in [3.63, 3.8) is 0 Å². The van der Waals surface area contributed by atoms with Gasteiger partial charge in [-0.2, -0.15) is 0 Å². The molecule has 1 aliphatic heterocycles. The first-order chi connectivity index (χ1) is 7.25. The fraction of sp³-hybridized carbons (Fsp3) is 0. The van der Waals surface area contributed by atoms with Gasteiger partial charge < -0.3 is 9.88 Å². The van der Waals surface area contributed by atoms with Gasteiger partial charge in [-0.3, -0.25) is 0 Å². The second kappa shape index (κ2) is 2.91. The Balaban J connectivity index is 2.33. The van der Waals surface area contributed by atoms with Crippen molar-refractivity contribution in [1.82, 2.24) is 4.57 Å². The predicted octanol–water partition coefficient (Wildman–Crippen LogP) is 3.53. The molecule has 1 aliphatic rings. The fourth-order valence-electron chi connectivity index (χ4n) is 1.87. The molecule has 0 unspecified atom stereocenters. The topological polar surface area (TPSA) is 17.0 Å². The number of anilines is 1. The molecule has 3 rings (SSSR count). The Morgan fingerprint density at radius 1 is 1.27 bits per heavy atom. The lowest BCUT2D eigenvalue weighted by Crippen LogP contribution is -2.12.